The van der Waals surface area contributed by atoms with Crippen LogP contribution in [-0.2, 0) is 9.53 Å². The summed E-state index contributed by atoms with van der Waals surface area (Å²) in [6, 6.07) is 6.90. The minimum Gasteiger partial charge on any atom is -0.376 e. The first-order valence-corrected chi connectivity index (χ1v) is 7.67. The van der Waals surface area contributed by atoms with Gasteiger partial charge in [0.1, 0.15) is 0 Å². The molecule has 0 radical (unpaired) electrons. The fourth-order valence-electron chi connectivity index (χ4n) is 2.14. The highest BCUT2D eigenvalue weighted by Crippen LogP contribution is 2.18. The molecule has 5 nitrogen and oxygen atoms in total. The van der Waals surface area contributed by atoms with Gasteiger partial charge in [0.05, 0.1) is 6.10 Å². The van der Waals surface area contributed by atoms with Gasteiger partial charge >= 0.3 is 0 Å². The van der Waals surface area contributed by atoms with Crippen LogP contribution in [0.2, 0.25) is 0 Å². The fraction of sp³-hybridized carbons (Fsp3) is 0.529. The number of hydrogen-bond donors (Lipinski definition) is 2. The van der Waals surface area contributed by atoms with E-state index in [2.05, 4.69) is 10.6 Å². The van der Waals surface area contributed by atoms with Crippen molar-refractivity contribution in [1.29, 1.82) is 0 Å². The molecule has 0 saturated carbocycles. The molecule has 1 aromatic carbocycles. The van der Waals surface area contributed by atoms with E-state index in [-0.39, 0.29) is 17.9 Å². The molecule has 120 valence electrons. The predicted octanol–water partition coefficient (Wildman–Crippen LogP) is 2.58. The van der Waals surface area contributed by atoms with Crippen LogP contribution in [0.1, 0.15) is 44.0 Å². The summed E-state index contributed by atoms with van der Waals surface area (Å²) < 4.78 is 5.47. The van der Waals surface area contributed by atoms with Crippen molar-refractivity contribution in [3.8, 4) is 0 Å². The van der Waals surface area contributed by atoms with Gasteiger partial charge in [-0.2, -0.15) is 0 Å². The van der Waals surface area contributed by atoms with E-state index in [9.17, 15) is 9.59 Å². The standard InChI is InChI=1S/C17H24N2O3/c1-17(2,3)16(21)19-13-8-6-12(7-9-13)15(20)18-11-14-5-4-10-22-14/h6-9,14H,4-5,10-11H2,1-3H3,(H,18,20)(H,19,21)/t14-/m1/s1. The van der Waals surface area contributed by atoms with Crippen LogP contribution in [0.25, 0.3) is 0 Å². The molecule has 2 amide bonds. The summed E-state index contributed by atoms with van der Waals surface area (Å²) in [6.45, 7) is 6.89. The number of ether oxygens (including phenoxy) is 1. The summed E-state index contributed by atoms with van der Waals surface area (Å²) >= 11 is 0. The molecule has 22 heavy (non-hydrogen) atoms. The molecular formula is C17H24N2O3. The van der Waals surface area contributed by atoms with Crippen molar-refractivity contribution in [2.24, 2.45) is 5.41 Å². The molecule has 2 N–H and O–H groups in total. The second-order valence-corrected chi connectivity index (χ2v) is 6.63. The Kier molecular flexibility index (Phi) is 5.19. The molecule has 1 fully saturated rings. The van der Waals surface area contributed by atoms with Gasteiger partial charge in [-0.15, -0.1) is 0 Å². The molecule has 1 aromatic rings. The largest absolute Gasteiger partial charge is 0.376 e. The van der Waals surface area contributed by atoms with Gasteiger partial charge < -0.3 is 15.4 Å². The van der Waals surface area contributed by atoms with Crippen LogP contribution in [-0.4, -0.2) is 31.1 Å². The summed E-state index contributed by atoms with van der Waals surface area (Å²) in [7, 11) is 0. The van der Waals surface area contributed by atoms with E-state index in [0.29, 0.717) is 17.8 Å². The monoisotopic (exact) mass is 304 g/mol. The highest BCUT2D eigenvalue weighted by molar-refractivity contribution is 5.97. The van der Waals surface area contributed by atoms with Gasteiger partial charge in [0, 0.05) is 29.8 Å². The normalized spacial score (nSPS) is 18.0. The third-order valence-electron chi connectivity index (χ3n) is 3.60. The second-order valence-electron chi connectivity index (χ2n) is 6.63. The van der Waals surface area contributed by atoms with Gasteiger partial charge in [-0.05, 0) is 37.1 Å². The van der Waals surface area contributed by atoms with Crippen molar-refractivity contribution in [2.75, 3.05) is 18.5 Å². The van der Waals surface area contributed by atoms with Gasteiger partial charge in [-0.25, -0.2) is 0 Å². The SMILES string of the molecule is CC(C)(C)C(=O)Nc1ccc(C(=O)NC[C@H]2CCCO2)cc1. The molecule has 0 bridgehead atoms. The zero-order valence-corrected chi connectivity index (χ0v) is 13.4. The molecule has 1 aliphatic rings. The van der Waals surface area contributed by atoms with Crippen molar-refractivity contribution in [3.05, 3.63) is 29.8 Å². The number of carbonyl (C=O) groups is 2. The lowest BCUT2D eigenvalue weighted by molar-refractivity contribution is -0.123. The smallest absolute Gasteiger partial charge is 0.251 e. The number of amides is 2. The molecule has 2 rings (SSSR count). The van der Waals surface area contributed by atoms with E-state index in [4.69, 9.17) is 4.74 Å². The first kappa shape index (κ1) is 16.5. The Hall–Kier alpha value is -1.88. The Balaban J connectivity index is 1.87. The van der Waals surface area contributed by atoms with Crippen LogP contribution >= 0.6 is 0 Å². The summed E-state index contributed by atoms with van der Waals surface area (Å²) in [5.74, 6) is -0.174. The van der Waals surface area contributed by atoms with Crippen LogP contribution in [0.5, 0.6) is 0 Å². The van der Waals surface area contributed by atoms with Crippen LogP contribution in [0, 0.1) is 5.41 Å². The Morgan fingerprint density at radius 1 is 1.23 bits per heavy atom. The molecule has 1 aliphatic heterocycles. The lowest BCUT2D eigenvalue weighted by Crippen LogP contribution is -2.31. The molecule has 0 aromatic heterocycles. The first-order valence-electron chi connectivity index (χ1n) is 7.67. The van der Waals surface area contributed by atoms with Gasteiger partial charge in [0.15, 0.2) is 0 Å². The number of benzene rings is 1. The number of hydrogen-bond acceptors (Lipinski definition) is 3. The van der Waals surface area contributed by atoms with Crippen molar-refractivity contribution < 1.29 is 14.3 Å². The van der Waals surface area contributed by atoms with Crippen molar-refractivity contribution in [1.82, 2.24) is 5.32 Å². The molecule has 1 saturated heterocycles. The third-order valence-corrected chi connectivity index (χ3v) is 3.60. The van der Waals surface area contributed by atoms with Crippen molar-refractivity contribution in [2.45, 2.75) is 39.7 Å². The van der Waals surface area contributed by atoms with Crippen LogP contribution < -0.4 is 10.6 Å². The van der Waals surface area contributed by atoms with Crippen molar-refractivity contribution in [3.63, 3.8) is 0 Å². The number of rotatable bonds is 4. The Morgan fingerprint density at radius 2 is 1.91 bits per heavy atom. The van der Waals surface area contributed by atoms with Gasteiger partial charge in [-0.1, -0.05) is 20.8 Å². The summed E-state index contributed by atoms with van der Waals surface area (Å²) in [5, 5.41) is 5.71. The van der Waals surface area contributed by atoms with Gasteiger partial charge in [0.2, 0.25) is 5.91 Å². The van der Waals surface area contributed by atoms with Crippen LogP contribution in [0.15, 0.2) is 24.3 Å². The lowest BCUT2D eigenvalue weighted by Gasteiger charge is -2.17. The topological polar surface area (TPSA) is 67.4 Å². The molecule has 1 atom stereocenters. The van der Waals surface area contributed by atoms with E-state index in [0.717, 1.165) is 19.4 Å². The lowest BCUT2D eigenvalue weighted by atomic mass is 9.95. The Labute approximate surface area is 131 Å². The molecule has 5 heteroatoms. The highest BCUT2D eigenvalue weighted by Gasteiger charge is 2.21. The maximum Gasteiger partial charge on any atom is 0.251 e. The number of nitrogens with one attached hydrogen (secondary N) is 2. The maximum atomic E-state index is 12.0. The molecule has 0 spiro atoms. The second kappa shape index (κ2) is 6.92. The molecule has 1 heterocycles. The molecular weight excluding hydrogens is 280 g/mol. The van der Waals surface area contributed by atoms with E-state index in [1.165, 1.54) is 0 Å². The fourth-order valence-corrected chi connectivity index (χ4v) is 2.14. The number of anilines is 1. The minimum absolute atomic E-state index is 0.0527. The molecule has 0 unspecified atom stereocenters. The summed E-state index contributed by atoms with van der Waals surface area (Å²) in [5.41, 5.74) is 0.819. The minimum atomic E-state index is -0.447. The highest BCUT2D eigenvalue weighted by atomic mass is 16.5. The summed E-state index contributed by atoms with van der Waals surface area (Å²) in [4.78, 5) is 23.9. The Morgan fingerprint density at radius 3 is 2.45 bits per heavy atom. The zero-order chi connectivity index (χ0) is 16.2. The van der Waals surface area contributed by atoms with Crippen LogP contribution in [0.3, 0.4) is 0 Å². The summed E-state index contributed by atoms with van der Waals surface area (Å²) in [6.07, 6.45) is 2.19. The Bertz CT molecular complexity index is 526. The maximum absolute atomic E-state index is 12.0. The van der Waals surface area contributed by atoms with Crippen molar-refractivity contribution >= 4 is 17.5 Å². The zero-order valence-electron chi connectivity index (χ0n) is 13.4. The van der Waals surface area contributed by atoms with Gasteiger partial charge in [-0.3, -0.25) is 9.59 Å². The van der Waals surface area contributed by atoms with E-state index < -0.39 is 5.41 Å². The van der Waals surface area contributed by atoms with Crippen LogP contribution in [0.4, 0.5) is 5.69 Å². The van der Waals surface area contributed by atoms with Gasteiger partial charge in [0.25, 0.3) is 5.91 Å². The predicted molar refractivity (Wildman–Crippen MR) is 85.8 cm³/mol. The van der Waals surface area contributed by atoms with E-state index >= 15 is 0 Å². The third kappa shape index (κ3) is 4.56. The quantitative estimate of drug-likeness (QED) is 0.898. The average molecular weight is 304 g/mol. The molecule has 0 aliphatic carbocycles. The van der Waals surface area contributed by atoms with E-state index in [1.807, 2.05) is 20.8 Å². The van der Waals surface area contributed by atoms with E-state index in [1.54, 1.807) is 24.3 Å². The average Bonchev–Trinajstić information content (AvgIpc) is 2.98. The number of carbonyl (C=O) groups excluding carboxylic acids is 2. The first-order chi connectivity index (χ1) is 10.4.